The van der Waals surface area contributed by atoms with E-state index in [0.29, 0.717) is 29.5 Å². The van der Waals surface area contributed by atoms with E-state index in [1.165, 1.54) is 20.3 Å². The van der Waals surface area contributed by atoms with E-state index in [0.717, 1.165) is 6.42 Å². The Kier molecular flexibility index (Phi) is 6.53. The lowest BCUT2D eigenvalue weighted by atomic mass is 10.1. The van der Waals surface area contributed by atoms with Crippen molar-refractivity contribution in [3.63, 3.8) is 0 Å². The van der Waals surface area contributed by atoms with Crippen molar-refractivity contribution in [2.75, 3.05) is 19.6 Å². The quantitative estimate of drug-likeness (QED) is 0.612. The Hall–Kier alpha value is -3.14. The van der Waals surface area contributed by atoms with Gasteiger partial charge in [-0.25, -0.2) is 14.3 Å². The summed E-state index contributed by atoms with van der Waals surface area (Å²) in [5, 5.41) is 4.90. The van der Waals surface area contributed by atoms with Gasteiger partial charge in [-0.3, -0.25) is 19.2 Å². The SMILES string of the molecule is C=C[C@H]1CCN(C(=O)C2CN(C(=O)OC(C)(C)C)Cc3nn(Cc4cncc(Cl)c4)c(=O)n32)C1. The number of carbonyl (C=O) groups is 2. The van der Waals surface area contributed by atoms with Crippen molar-refractivity contribution in [2.24, 2.45) is 5.92 Å². The Morgan fingerprint density at radius 2 is 2.03 bits per heavy atom. The molecule has 0 aliphatic carbocycles. The molecule has 0 saturated carbocycles. The van der Waals surface area contributed by atoms with Gasteiger partial charge in [-0.1, -0.05) is 17.7 Å². The Labute approximate surface area is 202 Å². The molecule has 2 amide bonds. The van der Waals surface area contributed by atoms with Gasteiger partial charge in [-0.2, -0.15) is 5.10 Å². The number of amides is 2. The molecule has 2 atom stereocenters. The fourth-order valence-electron chi connectivity index (χ4n) is 4.27. The molecule has 0 spiro atoms. The fraction of sp³-hybridized carbons (Fsp3) is 0.522. The number of rotatable bonds is 4. The van der Waals surface area contributed by atoms with Gasteiger partial charge in [0.05, 0.1) is 24.7 Å². The maximum absolute atomic E-state index is 13.5. The van der Waals surface area contributed by atoms with Gasteiger partial charge in [-0.05, 0) is 44.7 Å². The maximum Gasteiger partial charge on any atom is 0.410 e. The summed E-state index contributed by atoms with van der Waals surface area (Å²) in [5.74, 6) is 0.323. The Morgan fingerprint density at radius 1 is 1.26 bits per heavy atom. The predicted octanol–water partition coefficient (Wildman–Crippen LogP) is 2.47. The maximum atomic E-state index is 13.5. The zero-order valence-corrected chi connectivity index (χ0v) is 20.4. The molecule has 4 rings (SSSR count). The molecule has 0 bridgehead atoms. The van der Waals surface area contributed by atoms with Crippen LogP contribution in [-0.4, -0.2) is 66.4 Å². The van der Waals surface area contributed by atoms with Crippen molar-refractivity contribution in [1.29, 1.82) is 0 Å². The van der Waals surface area contributed by atoms with Crippen LogP contribution in [0.4, 0.5) is 4.79 Å². The van der Waals surface area contributed by atoms with Crippen molar-refractivity contribution in [1.82, 2.24) is 29.1 Å². The summed E-state index contributed by atoms with van der Waals surface area (Å²) >= 11 is 6.03. The standard InChI is InChI=1S/C23H29ClN6O4/c1-5-15-6-7-27(11-15)20(31)18-13-28(22(33)34-23(2,3)4)14-19-26-29(21(32)30(18)19)12-16-8-17(24)10-25-9-16/h5,8-10,15,18H,1,6-7,11-14H2,2-4H3/t15-,18?/m0/s1. The van der Waals surface area contributed by atoms with E-state index in [-0.39, 0.29) is 31.5 Å². The number of hydrogen-bond donors (Lipinski definition) is 0. The smallest absolute Gasteiger partial charge is 0.410 e. The molecule has 0 aromatic carbocycles. The second-order valence-electron chi connectivity index (χ2n) is 9.68. The molecular weight excluding hydrogens is 460 g/mol. The van der Waals surface area contributed by atoms with E-state index in [4.69, 9.17) is 16.3 Å². The summed E-state index contributed by atoms with van der Waals surface area (Å²) in [6.45, 7) is 10.5. The monoisotopic (exact) mass is 488 g/mol. The molecule has 182 valence electrons. The number of ether oxygens (including phenoxy) is 1. The number of hydrogen-bond acceptors (Lipinski definition) is 6. The Balaban J connectivity index is 1.68. The highest BCUT2D eigenvalue weighted by Gasteiger charge is 2.40. The van der Waals surface area contributed by atoms with Crippen LogP contribution in [0.25, 0.3) is 0 Å². The third kappa shape index (κ3) is 5.01. The van der Waals surface area contributed by atoms with Gasteiger partial charge in [0.2, 0.25) is 5.91 Å². The number of aromatic nitrogens is 4. The minimum atomic E-state index is -0.890. The van der Waals surface area contributed by atoms with Crippen molar-refractivity contribution in [2.45, 2.75) is 51.9 Å². The van der Waals surface area contributed by atoms with E-state index in [1.54, 1.807) is 37.9 Å². The van der Waals surface area contributed by atoms with E-state index >= 15 is 0 Å². The average molecular weight is 489 g/mol. The van der Waals surface area contributed by atoms with Crippen molar-refractivity contribution < 1.29 is 14.3 Å². The molecule has 1 unspecified atom stereocenters. The lowest BCUT2D eigenvalue weighted by Crippen LogP contribution is -2.51. The molecule has 2 aromatic heterocycles. The van der Waals surface area contributed by atoms with Crippen molar-refractivity contribution in [3.05, 3.63) is 58.0 Å². The topological polar surface area (TPSA) is 103 Å². The lowest BCUT2D eigenvalue weighted by Gasteiger charge is -2.35. The molecule has 11 heteroatoms. The molecule has 0 N–H and O–H groups in total. The third-order valence-electron chi connectivity index (χ3n) is 5.88. The minimum Gasteiger partial charge on any atom is -0.444 e. The zero-order valence-electron chi connectivity index (χ0n) is 19.6. The summed E-state index contributed by atoms with van der Waals surface area (Å²) in [6.07, 6.45) is 5.22. The molecule has 2 aliphatic heterocycles. The summed E-state index contributed by atoms with van der Waals surface area (Å²) in [4.78, 5) is 46.9. The first-order valence-corrected chi connectivity index (χ1v) is 11.6. The molecule has 2 aromatic rings. The van der Waals surface area contributed by atoms with Gasteiger partial charge in [0.1, 0.15) is 11.6 Å². The van der Waals surface area contributed by atoms with Crippen LogP contribution in [0.15, 0.2) is 35.9 Å². The van der Waals surface area contributed by atoms with Gasteiger partial charge in [-0.15, -0.1) is 6.58 Å². The molecule has 10 nitrogen and oxygen atoms in total. The number of nitrogens with zero attached hydrogens (tertiary/aromatic N) is 6. The molecule has 1 fully saturated rings. The van der Waals surface area contributed by atoms with Crippen LogP contribution in [0.5, 0.6) is 0 Å². The van der Waals surface area contributed by atoms with Gasteiger partial charge in [0.25, 0.3) is 0 Å². The third-order valence-corrected chi connectivity index (χ3v) is 6.09. The Bertz CT molecular complexity index is 1170. The highest BCUT2D eigenvalue weighted by Crippen LogP contribution is 2.26. The minimum absolute atomic E-state index is 0.0281. The summed E-state index contributed by atoms with van der Waals surface area (Å²) in [6, 6.07) is 0.813. The first-order chi connectivity index (χ1) is 16.1. The molecule has 2 aliphatic rings. The number of halogens is 1. The van der Waals surface area contributed by atoms with Gasteiger partial charge in [0.15, 0.2) is 5.82 Å². The van der Waals surface area contributed by atoms with E-state index in [2.05, 4.69) is 16.7 Å². The molecule has 34 heavy (non-hydrogen) atoms. The van der Waals surface area contributed by atoms with E-state index < -0.39 is 23.4 Å². The second-order valence-corrected chi connectivity index (χ2v) is 10.1. The van der Waals surface area contributed by atoms with E-state index in [1.807, 2.05) is 6.08 Å². The first-order valence-electron chi connectivity index (χ1n) is 11.2. The average Bonchev–Trinajstić information content (AvgIpc) is 3.36. The van der Waals surface area contributed by atoms with Crippen LogP contribution < -0.4 is 5.69 Å². The molecule has 0 radical (unpaired) electrons. The molecule has 4 heterocycles. The number of carbonyl (C=O) groups excluding carboxylic acids is 2. The molecule has 1 saturated heterocycles. The molecular formula is C23H29ClN6O4. The first kappa shape index (κ1) is 24.0. The van der Waals surface area contributed by atoms with Gasteiger partial charge < -0.3 is 9.64 Å². The summed E-state index contributed by atoms with van der Waals surface area (Å²) < 4.78 is 8.21. The highest BCUT2D eigenvalue weighted by atomic mass is 35.5. The predicted molar refractivity (Wildman–Crippen MR) is 125 cm³/mol. The second kappa shape index (κ2) is 9.25. The number of likely N-dealkylation sites (tertiary alicyclic amines) is 1. The number of pyridine rings is 1. The van der Waals surface area contributed by atoms with Crippen molar-refractivity contribution >= 4 is 23.6 Å². The van der Waals surface area contributed by atoms with Gasteiger partial charge >= 0.3 is 11.8 Å². The van der Waals surface area contributed by atoms with Crippen LogP contribution in [0.3, 0.4) is 0 Å². The van der Waals surface area contributed by atoms with Crippen molar-refractivity contribution in [3.8, 4) is 0 Å². The number of fused-ring (bicyclic) bond motifs is 1. The normalized spacial score (nSPS) is 20.2. The van der Waals surface area contributed by atoms with Crippen LogP contribution in [0.2, 0.25) is 5.02 Å². The van der Waals surface area contributed by atoms with Crippen LogP contribution in [0, 0.1) is 5.92 Å². The Morgan fingerprint density at radius 3 is 2.68 bits per heavy atom. The van der Waals surface area contributed by atoms with E-state index in [9.17, 15) is 14.4 Å². The summed E-state index contributed by atoms with van der Waals surface area (Å²) in [7, 11) is 0. The highest BCUT2D eigenvalue weighted by molar-refractivity contribution is 6.30. The largest absolute Gasteiger partial charge is 0.444 e. The van der Waals surface area contributed by atoms with Crippen LogP contribution >= 0.6 is 11.6 Å². The zero-order chi connectivity index (χ0) is 24.6. The van der Waals surface area contributed by atoms with Gasteiger partial charge in [0, 0.05) is 25.5 Å². The van der Waals surface area contributed by atoms with Crippen LogP contribution in [-0.2, 0) is 22.6 Å². The summed E-state index contributed by atoms with van der Waals surface area (Å²) in [5.41, 5.74) is -0.416. The fourth-order valence-corrected chi connectivity index (χ4v) is 4.47. The van der Waals surface area contributed by atoms with Crippen LogP contribution in [0.1, 0.15) is 44.6 Å². The lowest BCUT2D eigenvalue weighted by molar-refractivity contribution is -0.135.